The van der Waals surface area contributed by atoms with E-state index >= 15 is 0 Å². The second kappa shape index (κ2) is 8.20. The molecule has 5 heteroatoms. The first kappa shape index (κ1) is 16.1. The lowest BCUT2D eigenvalue weighted by molar-refractivity contribution is -0.117. The fraction of sp³-hybridized carbons (Fsp3) is 0.412. The van der Waals surface area contributed by atoms with Gasteiger partial charge < -0.3 is 15.0 Å². The Labute approximate surface area is 131 Å². The van der Waals surface area contributed by atoms with Crippen LogP contribution in [0.1, 0.15) is 17.5 Å². The molecule has 0 saturated heterocycles. The SMILES string of the molecule is COCCCNC(=O)/C(C#N)=C\N1CCc2ccccc2C1. The summed E-state index contributed by atoms with van der Waals surface area (Å²) < 4.78 is 4.93. The van der Waals surface area contributed by atoms with E-state index < -0.39 is 0 Å². The molecule has 0 unspecified atom stereocenters. The molecule has 1 aliphatic rings. The number of nitrogens with one attached hydrogen (secondary N) is 1. The van der Waals surface area contributed by atoms with E-state index in [0.717, 1.165) is 25.9 Å². The van der Waals surface area contributed by atoms with Crippen LogP contribution >= 0.6 is 0 Å². The number of hydrogen-bond donors (Lipinski definition) is 1. The summed E-state index contributed by atoms with van der Waals surface area (Å²) in [5.74, 6) is -0.322. The lowest BCUT2D eigenvalue weighted by Gasteiger charge is -2.27. The van der Waals surface area contributed by atoms with Gasteiger partial charge in [-0.05, 0) is 24.0 Å². The van der Waals surface area contributed by atoms with Gasteiger partial charge in [-0.3, -0.25) is 4.79 Å². The third kappa shape index (κ3) is 4.34. The van der Waals surface area contributed by atoms with Crippen LogP contribution in [0.3, 0.4) is 0 Å². The van der Waals surface area contributed by atoms with E-state index in [1.165, 1.54) is 11.1 Å². The van der Waals surface area contributed by atoms with Crippen LogP contribution in [0.2, 0.25) is 0 Å². The number of carbonyl (C=O) groups is 1. The van der Waals surface area contributed by atoms with Crippen molar-refractivity contribution in [2.45, 2.75) is 19.4 Å². The smallest absolute Gasteiger partial charge is 0.263 e. The minimum Gasteiger partial charge on any atom is -0.385 e. The Hall–Kier alpha value is -2.32. The average molecular weight is 299 g/mol. The number of hydrogen-bond acceptors (Lipinski definition) is 4. The Morgan fingerprint density at radius 2 is 2.23 bits per heavy atom. The fourth-order valence-corrected chi connectivity index (χ4v) is 2.46. The number of amides is 1. The third-order valence-corrected chi connectivity index (χ3v) is 3.65. The van der Waals surface area contributed by atoms with Gasteiger partial charge in [0.1, 0.15) is 11.6 Å². The van der Waals surface area contributed by atoms with E-state index in [-0.39, 0.29) is 11.5 Å². The summed E-state index contributed by atoms with van der Waals surface area (Å²) in [5, 5.41) is 11.9. The van der Waals surface area contributed by atoms with Gasteiger partial charge in [0.2, 0.25) is 0 Å². The topological polar surface area (TPSA) is 65.4 Å². The maximum absolute atomic E-state index is 12.0. The first-order valence-electron chi connectivity index (χ1n) is 7.44. The van der Waals surface area contributed by atoms with Crippen molar-refractivity contribution < 1.29 is 9.53 Å². The zero-order valence-corrected chi connectivity index (χ0v) is 12.8. The molecule has 1 N–H and O–H groups in total. The van der Waals surface area contributed by atoms with Crippen molar-refractivity contribution >= 4 is 5.91 Å². The Kier molecular flexibility index (Phi) is 5.99. The Morgan fingerprint density at radius 1 is 1.45 bits per heavy atom. The van der Waals surface area contributed by atoms with E-state index in [4.69, 9.17) is 4.74 Å². The van der Waals surface area contributed by atoms with Gasteiger partial charge in [0.05, 0.1) is 0 Å². The first-order chi connectivity index (χ1) is 10.7. The summed E-state index contributed by atoms with van der Waals surface area (Å²) in [7, 11) is 1.62. The molecule has 1 heterocycles. The lowest BCUT2D eigenvalue weighted by atomic mass is 10.0. The maximum Gasteiger partial charge on any atom is 0.263 e. The lowest BCUT2D eigenvalue weighted by Crippen LogP contribution is -2.30. The number of fused-ring (bicyclic) bond motifs is 1. The van der Waals surface area contributed by atoms with Crippen LogP contribution in [-0.2, 0) is 22.5 Å². The van der Waals surface area contributed by atoms with Crippen molar-refractivity contribution in [2.75, 3.05) is 26.8 Å². The van der Waals surface area contributed by atoms with E-state index in [9.17, 15) is 10.1 Å². The Balaban J connectivity index is 1.95. The number of rotatable bonds is 6. The summed E-state index contributed by atoms with van der Waals surface area (Å²) in [4.78, 5) is 14.0. The van der Waals surface area contributed by atoms with Crippen molar-refractivity contribution in [3.8, 4) is 6.07 Å². The van der Waals surface area contributed by atoms with Crippen molar-refractivity contribution in [1.82, 2.24) is 10.2 Å². The molecule has 1 amide bonds. The van der Waals surface area contributed by atoms with Gasteiger partial charge in [-0.1, -0.05) is 24.3 Å². The highest BCUT2D eigenvalue weighted by atomic mass is 16.5. The van der Waals surface area contributed by atoms with E-state index in [0.29, 0.717) is 13.2 Å². The zero-order valence-electron chi connectivity index (χ0n) is 12.8. The highest BCUT2D eigenvalue weighted by Gasteiger charge is 2.16. The summed E-state index contributed by atoms with van der Waals surface area (Å²) in [6.45, 7) is 2.65. The minimum absolute atomic E-state index is 0.150. The van der Waals surface area contributed by atoms with E-state index in [1.54, 1.807) is 13.3 Å². The predicted molar refractivity (Wildman–Crippen MR) is 83.8 cm³/mol. The number of benzene rings is 1. The second-order valence-corrected chi connectivity index (χ2v) is 5.25. The van der Waals surface area contributed by atoms with Crippen molar-refractivity contribution in [1.29, 1.82) is 5.26 Å². The Morgan fingerprint density at radius 3 is 2.95 bits per heavy atom. The molecule has 1 aliphatic heterocycles. The maximum atomic E-state index is 12.0. The molecule has 22 heavy (non-hydrogen) atoms. The van der Waals surface area contributed by atoms with Gasteiger partial charge in [-0.25, -0.2) is 0 Å². The van der Waals surface area contributed by atoms with Crippen molar-refractivity contribution in [3.05, 3.63) is 47.2 Å². The Bertz CT molecular complexity index is 590. The fourth-order valence-electron chi connectivity index (χ4n) is 2.46. The van der Waals surface area contributed by atoms with Crippen LogP contribution in [-0.4, -0.2) is 37.6 Å². The van der Waals surface area contributed by atoms with Crippen LogP contribution in [0.5, 0.6) is 0 Å². The van der Waals surface area contributed by atoms with Gasteiger partial charge >= 0.3 is 0 Å². The molecule has 0 saturated carbocycles. The molecule has 116 valence electrons. The van der Waals surface area contributed by atoms with Crippen LogP contribution < -0.4 is 5.32 Å². The molecule has 0 fully saturated rings. The van der Waals surface area contributed by atoms with Crippen LogP contribution in [0, 0.1) is 11.3 Å². The van der Waals surface area contributed by atoms with Gasteiger partial charge in [-0.15, -0.1) is 0 Å². The van der Waals surface area contributed by atoms with Gasteiger partial charge in [-0.2, -0.15) is 5.26 Å². The number of methoxy groups -OCH3 is 1. The number of carbonyl (C=O) groups excluding carboxylic acids is 1. The molecule has 2 rings (SSSR count). The summed E-state index contributed by atoms with van der Waals surface area (Å²) in [5.41, 5.74) is 2.74. The highest BCUT2D eigenvalue weighted by molar-refractivity contribution is 5.97. The van der Waals surface area contributed by atoms with E-state index in [2.05, 4.69) is 17.4 Å². The quantitative estimate of drug-likeness (QED) is 0.492. The molecule has 1 aromatic carbocycles. The summed E-state index contributed by atoms with van der Waals surface area (Å²) >= 11 is 0. The normalized spacial score (nSPS) is 14.2. The first-order valence-corrected chi connectivity index (χ1v) is 7.44. The molecule has 1 aromatic rings. The monoisotopic (exact) mass is 299 g/mol. The standard InChI is InChI=1S/C17H21N3O2/c1-22-10-4-8-19-17(21)16(11-18)13-20-9-7-14-5-2-3-6-15(14)12-20/h2-3,5-6,13H,4,7-10,12H2,1H3,(H,19,21)/b16-13-. The van der Waals surface area contributed by atoms with Gasteiger partial charge in [0.25, 0.3) is 5.91 Å². The largest absolute Gasteiger partial charge is 0.385 e. The van der Waals surface area contributed by atoms with Crippen molar-refractivity contribution in [2.24, 2.45) is 0 Å². The molecular formula is C17H21N3O2. The number of nitrogens with zero attached hydrogens (tertiary/aromatic N) is 2. The molecule has 0 aromatic heterocycles. The average Bonchev–Trinajstić information content (AvgIpc) is 2.56. The second-order valence-electron chi connectivity index (χ2n) is 5.25. The van der Waals surface area contributed by atoms with Gasteiger partial charge in [0, 0.05) is 39.6 Å². The summed E-state index contributed by atoms with van der Waals surface area (Å²) in [6, 6.07) is 10.3. The van der Waals surface area contributed by atoms with Crippen molar-refractivity contribution in [3.63, 3.8) is 0 Å². The predicted octanol–water partition coefficient (Wildman–Crippen LogP) is 1.60. The molecule has 5 nitrogen and oxygen atoms in total. The van der Waals surface area contributed by atoms with Crippen LogP contribution in [0.4, 0.5) is 0 Å². The highest BCUT2D eigenvalue weighted by Crippen LogP contribution is 2.19. The van der Waals surface area contributed by atoms with E-state index in [1.807, 2.05) is 23.1 Å². The molecule has 0 radical (unpaired) electrons. The molecule has 0 spiro atoms. The minimum atomic E-state index is -0.322. The molecule has 0 atom stereocenters. The van der Waals surface area contributed by atoms with Crippen LogP contribution in [0.25, 0.3) is 0 Å². The number of nitriles is 1. The number of ether oxygens (including phenoxy) is 1. The molecular weight excluding hydrogens is 278 g/mol. The van der Waals surface area contributed by atoms with Gasteiger partial charge in [0.15, 0.2) is 0 Å². The molecule has 0 aliphatic carbocycles. The molecule has 0 bridgehead atoms. The third-order valence-electron chi connectivity index (χ3n) is 3.65. The zero-order chi connectivity index (χ0) is 15.8. The van der Waals surface area contributed by atoms with Crippen LogP contribution in [0.15, 0.2) is 36.0 Å². The summed E-state index contributed by atoms with van der Waals surface area (Å²) in [6.07, 6.45) is 3.33.